The van der Waals surface area contributed by atoms with Gasteiger partial charge < -0.3 is 10.8 Å². The molecule has 0 aromatic heterocycles. The summed E-state index contributed by atoms with van der Waals surface area (Å²) in [5.74, 6) is 0. The lowest BCUT2D eigenvalue weighted by Gasteiger charge is -2.37. The van der Waals surface area contributed by atoms with E-state index in [-0.39, 0.29) is 0 Å². The minimum Gasteiger partial charge on any atom is -0.389 e. The summed E-state index contributed by atoms with van der Waals surface area (Å²) in [4.78, 5) is 2.29. The predicted molar refractivity (Wildman–Crippen MR) is 78.8 cm³/mol. The molecule has 2 rings (SSSR count). The molecule has 0 radical (unpaired) electrons. The van der Waals surface area contributed by atoms with Crippen molar-refractivity contribution in [2.45, 2.75) is 44.2 Å². The van der Waals surface area contributed by atoms with Crippen LogP contribution < -0.4 is 5.73 Å². The number of rotatable bonds is 6. The van der Waals surface area contributed by atoms with Crippen LogP contribution in [0.4, 0.5) is 0 Å². The van der Waals surface area contributed by atoms with Crippen molar-refractivity contribution in [2.24, 2.45) is 5.73 Å². The fourth-order valence-corrected chi connectivity index (χ4v) is 3.02. The number of aliphatic hydroxyl groups is 1. The van der Waals surface area contributed by atoms with Gasteiger partial charge in [-0.05, 0) is 18.4 Å². The van der Waals surface area contributed by atoms with E-state index in [4.69, 9.17) is 5.73 Å². The average Bonchev–Trinajstić information content (AvgIpc) is 2.40. The highest BCUT2D eigenvalue weighted by molar-refractivity contribution is 5.14. The second kappa shape index (κ2) is 7.04. The second-order valence-electron chi connectivity index (χ2n) is 5.77. The number of nitrogens with zero attached hydrogens (tertiary/aromatic N) is 1. The number of hydrogen-bond acceptors (Lipinski definition) is 3. The van der Waals surface area contributed by atoms with E-state index in [1.807, 2.05) is 6.07 Å². The molecule has 19 heavy (non-hydrogen) atoms. The van der Waals surface area contributed by atoms with Crippen molar-refractivity contribution >= 4 is 0 Å². The molecule has 0 spiro atoms. The third kappa shape index (κ3) is 4.60. The Labute approximate surface area is 116 Å². The molecule has 106 valence electrons. The second-order valence-corrected chi connectivity index (χ2v) is 5.77. The Morgan fingerprint density at radius 2 is 1.79 bits per heavy atom. The monoisotopic (exact) mass is 262 g/mol. The van der Waals surface area contributed by atoms with E-state index in [1.54, 1.807) is 0 Å². The lowest BCUT2D eigenvalue weighted by molar-refractivity contribution is -0.0274. The van der Waals surface area contributed by atoms with Gasteiger partial charge in [0.05, 0.1) is 5.60 Å². The van der Waals surface area contributed by atoms with E-state index in [1.165, 1.54) is 12.0 Å². The van der Waals surface area contributed by atoms with Crippen LogP contribution in [0.2, 0.25) is 0 Å². The molecular weight excluding hydrogens is 236 g/mol. The van der Waals surface area contributed by atoms with Crippen molar-refractivity contribution in [1.29, 1.82) is 0 Å². The molecule has 0 aliphatic heterocycles. The summed E-state index contributed by atoms with van der Waals surface area (Å²) in [5, 5.41) is 10.7. The first-order valence-corrected chi connectivity index (χ1v) is 7.41. The van der Waals surface area contributed by atoms with Gasteiger partial charge in [-0.15, -0.1) is 0 Å². The van der Waals surface area contributed by atoms with E-state index in [0.29, 0.717) is 6.54 Å². The largest absolute Gasteiger partial charge is 0.389 e. The maximum absolute atomic E-state index is 10.7. The number of nitrogens with two attached hydrogens (primary N) is 1. The highest BCUT2D eigenvalue weighted by Crippen LogP contribution is 2.29. The van der Waals surface area contributed by atoms with Crippen molar-refractivity contribution in [2.75, 3.05) is 19.6 Å². The molecule has 3 nitrogen and oxygen atoms in total. The number of benzene rings is 1. The van der Waals surface area contributed by atoms with Gasteiger partial charge in [-0.1, -0.05) is 49.6 Å². The predicted octanol–water partition coefficient (Wildman–Crippen LogP) is 2.14. The summed E-state index contributed by atoms with van der Waals surface area (Å²) in [6, 6.07) is 10.4. The van der Waals surface area contributed by atoms with Gasteiger partial charge >= 0.3 is 0 Å². The van der Waals surface area contributed by atoms with Crippen molar-refractivity contribution in [1.82, 2.24) is 4.90 Å². The maximum atomic E-state index is 10.7. The zero-order valence-electron chi connectivity index (χ0n) is 11.7. The minimum atomic E-state index is -0.498. The third-order valence-corrected chi connectivity index (χ3v) is 4.00. The maximum Gasteiger partial charge on any atom is 0.0774 e. The van der Waals surface area contributed by atoms with Gasteiger partial charge in [0, 0.05) is 26.2 Å². The van der Waals surface area contributed by atoms with Crippen LogP contribution in [0.15, 0.2) is 30.3 Å². The Morgan fingerprint density at radius 3 is 2.42 bits per heavy atom. The Kier molecular flexibility index (Phi) is 5.37. The fraction of sp³-hybridized carbons (Fsp3) is 0.625. The van der Waals surface area contributed by atoms with E-state index in [9.17, 15) is 5.11 Å². The lowest BCUT2D eigenvalue weighted by Crippen LogP contribution is -2.45. The molecule has 0 heterocycles. The lowest BCUT2D eigenvalue weighted by atomic mass is 9.84. The van der Waals surface area contributed by atoms with Crippen LogP contribution in [0.1, 0.15) is 37.7 Å². The molecule has 3 N–H and O–H groups in total. The van der Waals surface area contributed by atoms with E-state index in [2.05, 4.69) is 29.2 Å². The molecule has 1 fully saturated rings. The number of hydrogen-bond donors (Lipinski definition) is 2. The molecule has 0 saturated heterocycles. The molecule has 0 unspecified atom stereocenters. The van der Waals surface area contributed by atoms with Gasteiger partial charge in [-0.2, -0.15) is 0 Å². The summed E-state index contributed by atoms with van der Waals surface area (Å²) in [5.41, 5.74) is 6.50. The summed E-state index contributed by atoms with van der Waals surface area (Å²) in [6.07, 6.45) is 5.43. The van der Waals surface area contributed by atoms with Gasteiger partial charge in [0.25, 0.3) is 0 Å². The smallest absolute Gasteiger partial charge is 0.0774 e. The van der Waals surface area contributed by atoms with E-state index >= 15 is 0 Å². The van der Waals surface area contributed by atoms with E-state index < -0.39 is 5.60 Å². The quantitative estimate of drug-likeness (QED) is 0.826. The Morgan fingerprint density at radius 1 is 1.11 bits per heavy atom. The zero-order valence-corrected chi connectivity index (χ0v) is 11.7. The van der Waals surface area contributed by atoms with Crippen molar-refractivity contribution in [3.05, 3.63) is 35.9 Å². The standard InChI is InChI=1S/C16H26N2O/c17-11-12-18(13-15-7-3-1-4-8-15)14-16(19)9-5-2-6-10-16/h1,3-4,7-8,19H,2,5-6,9-14,17H2. The molecular formula is C16H26N2O. The Balaban J connectivity index is 1.95. The summed E-state index contributed by atoms with van der Waals surface area (Å²) in [6.45, 7) is 3.11. The molecule has 0 amide bonds. The zero-order chi connectivity index (χ0) is 13.6. The van der Waals surface area contributed by atoms with Crippen molar-refractivity contribution in [3.63, 3.8) is 0 Å². The van der Waals surface area contributed by atoms with Gasteiger partial charge in [0.2, 0.25) is 0 Å². The molecule has 1 aromatic rings. The highest BCUT2D eigenvalue weighted by Gasteiger charge is 2.31. The van der Waals surface area contributed by atoms with Crippen molar-refractivity contribution in [3.8, 4) is 0 Å². The van der Waals surface area contributed by atoms with Crippen LogP contribution in [0, 0.1) is 0 Å². The summed E-state index contributed by atoms with van der Waals surface area (Å²) in [7, 11) is 0. The van der Waals surface area contributed by atoms with Crippen LogP contribution in [0.5, 0.6) is 0 Å². The molecule has 1 aliphatic carbocycles. The molecule has 0 atom stereocenters. The highest BCUT2D eigenvalue weighted by atomic mass is 16.3. The molecule has 0 bridgehead atoms. The van der Waals surface area contributed by atoms with Crippen LogP contribution in [-0.4, -0.2) is 35.2 Å². The topological polar surface area (TPSA) is 49.5 Å². The first-order chi connectivity index (χ1) is 9.22. The van der Waals surface area contributed by atoms with Gasteiger partial charge in [0.1, 0.15) is 0 Å². The summed E-state index contributed by atoms with van der Waals surface area (Å²) < 4.78 is 0. The van der Waals surface area contributed by atoms with E-state index in [0.717, 1.165) is 45.3 Å². The van der Waals surface area contributed by atoms with Crippen molar-refractivity contribution < 1.29 is 5.11 Å². The average molecular weight is 262 g/mol. The first kappa shape index (κ1) is 14.5. The molecule has 1 aliphatic rings. The first-order valence-electron chi connectivity index (χ1n) is 7.41. The Hall–Kier alpha value is -0.900. The van der Waals surface area contributed by atoms with Crippen LogP contribution in [-0.2, 0) is 6.54 Å². The molecule has 1 saturated carbocycles. The minimum absolute atomic E-state index is 0.498. The fourth-order valence-electron chi connectivity index (χ4n) is 3.02. The molecule has 3 heteroatoms. The van der Waals surface area contributed by atoms with Crippen LogP contribution >= 0.6 is 0 Å². The van der Waals surface area contributed by atoms with Crippen LogP contribution in [0.3, 0.4) is 0 Å². The SMILES string of the molecule is NCCN(Cc1ccccc1)CC1(O)CCCCC1. The van der Waals surface area contributed by atoms with Gasteiger partial charge in [0.15, 0.2) is 0 Å². The third-order valence-electron chi connectivity index (χ3n) is 4.00. The summed E-state index contributed by atoms with van der Waals surface area (Å²) >= 11 is 0. The van der Waals surface area contributed by atoms with Gasteiger partial charge in [-0.25, -0.2) is 0 Å². The molecule has 1 aromatic carbocycles. The normalized spacial score (nSPS) is 18.7. The van der Waals surface area contributed by atoms with Crippen LogP contribution in [0.25, 0.3) is 0 Å². The van der Waals surface area contributed by atoms with Gasteiger partial charge in [-0.3, -0.25) is 4.90 Å². The Bertz CT molecular complexity index is 360.